The Morgan fingerprint density at radius 2 is 1.61 bits per heavy atom. The van der Waals surface area contributed by atoms with E-state index in [2.05, 4.69) is 15.8 Å². The van der Waals surface area contributed by atoms with Crippen LogP contribution < -0.4 is 15.5 Å². The van der Waals surface area contributed by atoms with Crippen molar-refractivity contribution in [2.75, 3.05) is 11.9 Å². The normalized spacial score (nSPS) is 11.1. The highest BCUT2D eigenvalue weighted by molar-refractivity contribution is 6.05. The molecule has 0 radical (unpaired) electrons. The maximum atomic E-state index is 12.0. The van der Waals surface area contributed by atoms with E-state index >= 15 is 0 Å². The largest absolute Gasteiger partial charge is 0.484 e. The van der Waals surface area contributed by atoms with Crippen molar-refractivity contribution in [3.63, 3.8) is 0 Å². The molecule has 142 valence electrons. The van der Waals surface area contributed by atoms with Crippen LogP contribution in [0.4, 0.5) is 5.69 Å². The fourth-order valence-corrected chi connectivity index (χ4v) is 2.59. The molecule has 0 saturated carbocycles. The molecule has 0 aliphatic heterocycles. The number of hydrogen-bond donors (Lipinski definition) is 2. The van der Waals surface area contributed by atoms with Gasteiger partial charge in [-0.1, -0.05) is 48.5 Å². The van der Waals surface area contributed by atoms with Gasteiger partial charge in [0, 0.05) is 11.4 Å². The minimum Gasteiger partial charge on any atom is -0.484 e. The number of nitrogens with one attached hydrogen (secondary N) is 2. The molecule has 3 aromatic carbocycles. The molecule has 0 aliphatic carbocycles. The number of carbonyl (C=O) groups is 2. The van der Waals surface area contributed by atoms with Crippen LogP contribution >= 0.6 is 0 Å². The Balaban J connectivity index is 1.45. The summed E-state index contributed by atoms with van der Waals surface area (Å²) in [4.78, 5) is 23.9. The van der Waals surface area contributed by atoms with Crippen molar-refractivity contribution in [2.24, 2.45) is 5.10 Å². The smallest absolute Gasteiger partial charge is 0.277 e. The Labute approximate surface area is 163 Å². The van der Waals surface area contributed by atoms with Gasteiger partial charge in [0.1, 0.15) is 5.75 Å². The molecule has 2 N–H and O–H groups in total. The van der Waals surface area contributed by atoms with Crippen LogP contribution in [0.15, 0.2) is 77.9 Å². The quantitative estimate of drug-likeness (QED) is 0.488. The summed E-state index contributed by atoms with van der Waals surface area (Å²) in [6, 6.07) is 22.7. The third kappa shape index (κ3) is 5.67. The third-order valence-electron chi connectivity index (χ3n) is 3.94. The second-order valence-corrected chi connectivity index (χ2v) is 6.27. The van der Waals surface area contributed by atoms with Crippen LogP contribution in [0.25, 0.3) is 10.8 Å². The van der Waals surface area contributed by atoms with Crippen LogP contribution in [0.1, 0.15) is 13.3 Å². The molecule has 0 spiro atoms. The Bertz CT molecular complexity index is 1000. The third-order valence-corrected chi connectivity index (χ3v) is 3.94. The van der Waals surface area contributed by atoms with Gasteiger partial charge >= 0.3 is 0 Å². The maximum Gasteiger partial charge on any atom is 0.277 e. The lowest BCUT2D eigenvalue weighted by Gasteiger charge is -2.07. The zero-order chi connectivity index (χ0) is 19.8. The van der Waals surface area contributed by atoms with Crippen molar-refractivity contribution < 1.29 is 14.3 Å². The molecule has 0 atom stereocenters. The van der Waals surface area contributed by atoms with E-state index in [0.29, 0.717) is 17.1 Å². The first-order chi connectivity index (χ1) is 13.6. The Hall–Kier alpha value is -3.67. The predicted molar refractivity (Wildman–Crippen MR) is 110 cm³/mol. The summed E-state index contributed by atoms with van der Waals surface area (Å²) in [5, 5.41) is 8.85. The number of nitrogens with zero attached hydrogens (tertiary/aromatic N) is 1. The summed E-state index contributed by atoms with van der Waals surface area (Å²) in [5.74, 6) is 0.0156. The van der Waals surface area contributed by atoms with Crippen LogP contribution in [-0.4, -0.2) is 24.1 Å². The number of rotatable bonds is 7. The average molecular weight is 375 g/mol. The first-order valence-corrected chi connectivity index (χ1v) is 8.88. The zero-order valence-electron chi connectivity index (χ0n) is 15.5. The SMILES string of the molecule is C/C(CC(=O)Nc1ccccc1)=N/NC(=O)COc1ccc2ccccc2c1. The van der Waals surface area contributed by atoms with E-state index < -0.39 is 5.91 Å². The molecular weight excluding hydrogens is 354 g/mol. The lowest BCUT2D eigenvalue weighted by molar-refractivity contribution is -0.123. The highest BCUT2D eigenvalue weighted by atomic mass is 16.5. The molecule has 6 nitrogen and oxygen atoms in total. The van der Waals surface area contributed by atoms with Crippen molar-refractivity contribution in [2.45, 2.75) is 13.3 Å². The Morgan fingerprint density at radius 3 is 2.39 bits per heavy atom. The summed E-state index contributed by atoms with van der Waals surface area (Å²) in [6.45, 7) is 1.51. The number of anilines is 1. The second kappa shape index (κ2) is 9.32. The van der Waals surface area contributed by atoms with E-state index in [9.17, 15) is 9.59 Å². The van der Waals surface area contributed by atoms with Crippen molar-refractivity contribution in [3.05, 3.63) is 72.8 Å². The standard InChI is InChI=1S/C22H21N3O3/c1-16(13-21(26)23-19-9-3-2-4-10-19)24-25-22(27)15-28-20-12-11-17-7-5-6-8-18(17)14-20/h2-12,14H,13,15H2,1H3,(H,23,26)(H,25,27)/b24-16-. The van der Waals surface area contributed by atoms with Crippen molar-refractivity contribution in [1.29, 1.82) is 0 Å². The summed E-state index contributed by atoms with van der Waals surface area (Å²) >= 11 is 0. The summed E-state index contributed by atoms with van der Waals surface area (Å²) in [7, 11) is 0. The Kier molecular flexibility index (Phi) is 6.36. The van der Waals surface area contributed by atoms with Crippen LogP contribution in [0, 0.1) is 0 Å². The number of fused-ring (bicyclic) bond motifs is 1. The number of hydrogen-bond acceptors (Lipinski definition) is 4. The van der Waals surface area contributed by atoms with Gasteiger partial charge in [0.25, 0.3) is 5.91 Å². The molecule has 0 fully saturated rings. The molecule has 0 heterocycles. The average Bonchev–Trinajstić information content (AvgIpc) is 2.71. The van der Waals surface area contributed by atoms with Crippen LogP contribution in [-0.2, 0) is 9.59 Å². The number of amides is 2. The maximum absolute atomic E-state index is 12.0. The molecule has 0 aromatic heterocycles. The van der Waals surface area contributed by atoms with E-state index in [1.165, 1.54) is 0 Å². The topological polar surface area (TPSA) is 79.8 Å². The van der Waals surface area contributed by atoms with Gasteiger partial charge in [-0.15, -0.1) is 0 Å². The first-order valence-electron chi connectivity index (χ1n) is 8.88. The highest BCUT2D eigenvalue weighted by Crippen LogP contribution is 2.20. The molecule has 0 bridgehead atoms. The lowest BCUT2D eigenvalue weighted by atomic mass is 10.1. The molecule has 3 aromatic rings. The lowest BCUT2D eigenvalue weighted by Crippen LogP contribution is -2.26. The van der Waals surface area contributed by atoms with Crippen LogP contribution in [0.2, 0.25) is 0 Å². The number of benzene rings is 3. The van der Waals surface area contributed by atoms with Crippen LogP contribution in [0.3, 0.4) is 0 Å². The van der Waals surface area contributed by atoms with Gasteiger partial charge in [-0.2, -0.15) is 5.10 Å². The predicted octanol–water partition coefficient (Wildman–Crippen LogP) is 3.74. The van der Waals surface area contributed by atoms with E-state index in [-0.39, 0.29) is 18.9 Å². The monoisotopic (exact) mass is 375 g/mol. The van der Waals surface area contributed by atoms with Gasteiger partial charge in [-0.3, -0.25) is 9.59 Å². The van der Waals surface area contributed by atoms with E-state index in [4.69, 9.17) is 4.74 Å². The number of carbonyl (C=O) groups excluding carboxylic acids is 2. The molecule has 0 aliphatic rings. The molecule has 0 saturated heterocycles. The van der Waals surface area contributed by atoms with Gasteiger partial charge in [0.2, 0.25) is 5.91 Å². The minimum absolute atomic E-state index is 0.0840. The highest BCUT2D eigenvalue weighted by Gasteiger charge is 2.06. The number of para-hydroxylation sites is 1. The zero-order valence-corrected chi connectivity index (χ0v) is 15.5. The van der Waals surface area contributed by atoms with Gasteiger partial charge in [-0.05, 0) is 42.0 Å². The summed E-state index contributed by atoms with van der Waals surface area (Å²) in [5.41, 5.74) is 3.61. The number of ether oxygens (including phenoxy) is 1. The molecule has 0 unspecified atom stereocenters. The van der Waals surface area contributed by atoms with Gasteiger partial charge in [0.15, 0.2) is 6.61 Å². The van der Waals surface area contributed by atoms with Gasteiger partial charge in [-0.25, -0.2) is 5.43 Å². The molecule has 3 rings (SSSR count). The molecule has 2 amide bonds. The molecule has 28 heavy (non-hydrogen) atoms. The van der Waals surface area contributed by atoms with E-state index in [0.717, 1.165) is 10.8 Å². The summed E-state index contributed by atoms with van der Waals surface area (Å²) in [6.07, 6.45) is 0.0840. The number of hydrazone groups is 1. The van der Waals surface area contributed by atoms with E-state index in [1.54, 1.807) is 19.1 Å². The molecule has 6 heteroatoms. The van der Waals surface area contributed by atoms with Crippen molar-refractivity contribution >= 4 is 34.0 Å². The van der Waals surface area contributed by atoms with Gasteiger partial charge < -0.3 is 10.1 Å². The summed E-state index contributed by atoms with van der Waals surface area (Å²) < 4.78 is 5.51. The van der Waals surface area contributed by atoms with Crippen LogP contribution in [0.5, 0.6) is 5.75 Å². The Morgan fingerprint density at radius 1 is 0.893 bits per heavy atom. The van der Waals surface area contributed by atoms with E-state index in [1.807, 2.05) is 60.7 Å². The van der Waals surface area contributed by atoms with Crippen molar-refractivity contribution in [1.82, 2.24) is 5.43 Å². The molecular formula is C22H21N3O3. The first kappa shape index (κ1) is 19.1. The fourth-order valence-electron chi connectivity index (χ4n) is 2.59. The fraction of sp³-hybridized carbons (Fsp3) is 0.136. The second-order valence-electron chi connectivity index (χ2n) is 6.27. The minimum atomic E-state index is -0.393. The van der Waals surface area contributed by atoms with Crippen molar-refractivity contribution in [3.8, 4) is 5.75 Å². The van der Waals surface area contributed by atoms with Gasteiger partial charge in [0.05, 0.1) is 6.42 Å².